The molecule has 3 aromatic heterocycles. The van der Waals surface area contributed by atoms with Gasteiger partial charge in [0.1, 0.15) is 17.2 Å². The van der Waals surface area contributed by atoms with Crippen molar-refractivity contribution in [1.82, 2.24) is 30.4 Å². The van der Waals surface area contributed by atoms with E-state index in [1.165, 1.54) is 0 Å². The summed E-state index contributed by atoms with van der Waals surface area (Å²) in [6, 6.07) is 25.3. The normalized spacial score (nSPS) is 12.2. The van der Waals surface area contributed by atoms with Gasteiger partial charge in [0.25, 0.3) is 0 Å². The minimum Gasteiger partial charge on any atom is -0.384 e. The molecule has 1 atom stereocenters. The Bertz CT molecular complexity index is 1700. The van der Waals surface area contributed by atoms with Crippen molar-refractivity contribution in [1.29, 1.82) is 0 Å². The van der Waals surface area contributed by atoms with E-state index in [0.717, 1.165) is 39.1 Å². The van der Waals surface area contributed by atoms with Crippen molar-refractivity contribution in [3.05, 3.63) is 101 Å². The number of nitrogens with one attached hydrogen (secondary N) is 2. The molecule has 0 aliphatic carbocycles. The summed E-state index contributed by atoms with van der Waals surface area (Å²) in [5.74, 6) is 0.681. The number of primary amides is 1. The number of benzene rings is 3. The first kappa shape index (κ1) is 21.5. The molecule has 0 aliphatic heterocycles. The van der Waals surface area contributed by atoms with Gasteiger partial charge in [-0.3, -0.25) is 4.79 Å². The second-order valence-corrected chi connectivity index (χ2v) is 8.63. The number of imidazole rings is 1. The molecule has 3 heterocycles. The number of hydrogen-bond acceptors (Lipinski definition) is 6. The molecular formula is C27H22N8O. The fourth-order valence-electron chi connectivity index (χ4n) is 4.66. The highest BCUT2D eigenvalue weighted by atomic mass is 16.1. The van der Waals surface area contributed by atoms with Crippen LogP contribution in [0.25, 0.3) is 33.3 Å². The Balaban J connectivity index is 1.44. The number of nitrogens with zero attached hydrogens (tertiary/aromatic N) is 4. The second kappa shape index (κ2) is 8.62. The molecule has 6 N–H and O–H groups in total. The maximum absolute atomic E-state index is 11.5. The van der Waals surface area contributed by atoms with E-state index >= 15 is 0 Å². The van der Waals surface area contributed by atoms with Crippen LogP contribution in [-0.4, -0.2) is 36.3 Å². The van der Waals surface area contributed by atoms with Crippen LogP contribution in [0.5, 0.6) is 0 Å². The molecule has 0 spiro atoms. The first-order chi connectivity index (χ1) is 17.6. The van der Waals surface area contributed by atoms with Crippen molar-refractivity contribution in [3.8, 4) is 11.1 Å². The van der Waals surface area contributed by atoms with E-state index in [1.807, 2.05) is 54.6 Å². The molecule has 0 unspecified atom stereocenters. The van der Waals surface area contributed by atoms with Gasteiger partial charge < -0.3 is 16.5 Å². The lowest BCUT2D eigenvalue weighted by Crippen LogP contribution is -2.10. The fourth-order valence-corrected chi connectivity index (χ4v) is 4.66. The first-order valence-electron chi connectivity index (χ1n) is 11.5. The van der Waals surface area contributed by atoms with Crippen LogP contribution >= 0.6 is 0 Å². The number of pyridine rings is 1. The third-order valence-corrected chi connectivity index (χ3v) is 6.36. The Morgan fingerprint density at radius 1 is 0.889 bits per heavy atom. The van der Waals surface area contributed by atoms with Gasteiger partial charge in [-0.15, -0.1) is 5.10 Å². The number of rotatable bonds is 6. The highest BCUT2D eigenvalue weighted by Crippen LogP contribution is 2.34. The van der Waals surface area contributed by atoms with Gasteiger partial charge in [-0.1, -0.05) is 54.6 Å². The Morgan fingerprint density at radius 2 is 1.69 bits per heavy atom. The van der Waals surface area contributed by atoms with Gasteiger partial charge in [-0.2, -0.15) is 10.3 Å². The standard InChI is InChI=1S/C27H22N8O/c28-22-13-20(25-27(31-22)34-35-33-25)19(15-5-2-1-3-6-15)14-23-30-21-8-4-7-18(24(21)32-23)16-9-11-17(12-10-16)26(29)36/h1-13,19H,14H2,(H2,29,36)(H,30,32)(H3,28,31,33,34,35)/t19-/m1/s1. The van der Waals surface area contributed by atoms with Crippen molar-refractivity contribution in [2.24, 2.45) is 5.73 Å². The van der Waals surface area contributed by atoms with Gasteiger partial charge in [0.15, 0.2) is 0 Å². The number of H-pyrrole nitrogens is 2. The number of anilines is 1. The summed E-state index contributed by atoms with van der Waals surface area (Å²) in [7, 11) is 0. The van der Waals surface area contributed by atoms with Gasteiger partial charge in [-0.25, -0.2) is 9.97 Å². The number of aromatic amines is 2. The Morgan fingerprint density at radius 3 is 2.47 bits per heavy atom. The smallest absolute Gasteiger partial charge is 0.248 e. The van der Waals surface area contributed by atoms with E-state index in [9.17, 15) is 4.79 Å². The van der Waals surface area contributed by atoms with E-state index in [2.05, 4.69) is 37.5 Å². The second-order valence-electron chi connectivity index (χ2n) is 8.63. The van der Waals surface area contributed by atoms with Crippen LogP contribution in [-0.2, 0) is 6.42 Å². The number of aromatic nitrogens is 6. The molecule has 0 radical (unpaired) electrons. The van der Waals surface area contributed by atoms with E-state index in [0.29, 0.717) is 29.0 Å². The summed E-state index contributed by atoms with van der Waals surface area (Å²) in [5, 5.41) is 11.1. The molecule has 0 saturated carbocycles. The van der Waals surface area contributed by atoms with E-state index in [4.69, 9.17) is 16.5 Å². The zero-order chi connectivity index (χ0) is 24.6. The van der Waals surface area contributed by atoms with Gasteiger partial charge in [0.2, 0.25) is 11.6 Å². The van der Waals surface area contributed by atoms with Crippen LogP contribution in [0.15, 0.2) is 78.9 Å². The summed E-state index contributed by atoms with van der Waals surface area (Å²) in [6.45, 7) is 0. The minimum absolute atomic E-state index is 0.0806. The molecule has 6 aromatic rings. The summed E-state index contributed by atoms with van der Waals surface area (Å²) in [6.07, 6.45) is 0.587. The van der Waals surface area contributed by atoms with Crippen LogP contribution in [0.3, 0.4) is 0 Å². The number of hydrogen-bond donors (Lipinski definition) is 4. The van der Waals surface area contributed by atoms with Crippen molar-refractivity contribution in [2.45, 2.75) is 12.3 Å². The molecule has 0 fully saturated rings. The summed E-state index contributed by atoms with van der Waals surface area (Å²) < 4.78 is 0. The summed E-state index contributed by atoms with van der Waals surface area (Å²) >= 11 is 0. The quantitative estimate of drug-likeness (QED) is 0.287. The number of fused-ring (bicyclic) bond motifs is 2. The largest absolute Gasteiger partial charge is 0.384 e. The van der Waals surface area contributed by atoms with Crippen molar-refractivity contribution in [3.63, 3.8) is 0 Å². The number of nitrogen functional groups attached to an aromatic ring is 1. The lowest BCUT2D eigenvalue weighted by Gasteiger charge is -2.17. The molecule has 0 bridgehead atoms. The SMILES string of the molecule is NC(=O)c1ccc(-c2cccc3[nH]c(C[C@H](c4ccccc4)c4cc(N)nc5n[nH]nc45)nc23)cc1. The topological polar surface area (TPSA) is 152 Å². The minimum atomic E-state index is -0.452. The molecule has 9 heteroatoms. The van der Waals surface area contributed by atoms with Crippen LogP contribution < -0.4 is 11.5 Å². The van der Waals surface area contributed by atoms with Crippen molar-refractivity contribution in [2.75, 3.05) is 5.73 Å². The van der Waals surface area contributed by atoms with Gasteiger partial charge in [0.05, 0.1) is 11.0 Å². The number of nitrogens with two attached hydrogens (primary N) is 2. The number of carbonyl (C=O) groups excluding carboxylic acids is 1. The molecule has 36 heavy (non-hydrogen) atoms. The van der Waals surface area contributed by atoms with E-state index in [-0.39, 0.29) is 5.92 Å². The van der Waals surface area contributed by atoms with E-state index < -0.39 is 5.91 Å². The molecular weight excluding hydrogens is 452 g/mol. The zero-order valence-corrected chi connectivity index (χ0v) is 19.1. The molecule has 176 valence electrons. The lowest BCUT2D eigenvalue weighted by atomic mass is 9.88. The molecule has 3 aromatic carbocycles. The monoisotopic (exact) mass is 474 g/mol. The predicted octanol–water partition coefficient (Wildman–Crippen LogP) is 3.95. The van der Waals surface area contributed by atoms with Crippen LogP contribution in [0.1, 0.15) is 33.2 Å². The highest BCUT2D eigenvalue weighted by Gasteiger charge is 2.22. The Hall–Kier alpha value is -5.05. The third kappa shape index (κ3) is 3.82. The fraction of sp³-hybridized carbons (Fsp3) is 0.0741. The Labute approximate surface area is 205 Å². The Kier molecular flexibility index (Phi) is 5.15. The van der Waals surface area contributed by atoms with Crippen molar-refractivity contribution < 1.29 is 4.79 Å². The average molecular weight is 475 g/mol. The van der Waals surface area contributed by atoms with Gasteiger partial charge >= 0.3 is 0 Å². The predicted molar refractivity (Wildman–Crippen MR) is 138 cm³/mol. The molecule has 6 rings (SSSR count). The summed E-state index contributed by atoms with van der Waals surface area (Å²) in [4.78, 5) is 24.2. The first-order valence-corrected chi connectivity index (χ1v) is 11.5. The van der Waals surface area contributed by atoms with Crippen molar-refractivity contribution >= 4 is 33.9 Å². The zero-order valence-electron chi connectivity index (χ0n) is 19.1. The molecule has 1 amide bonds. The van der Waals surface area contributed by atoms with E-state index in [1.54, 1.807) is 12.1 Å². The van der Waals surface area contributed by atoms with Gasteiger partial charge in [-0.05, 0) is 41.0 Å². The third-order valence-electron chi connectivity index (χ3n) is 6.36. The number of para-hydroxylation sites is 1. The lowest BCUT2D eigenvalue weighted by molar-refractivity contribution is 0.100. The number of carbonyl (C=O) groups is 1. The summed E-state index contributed by atoms with van der Waals surface area (Å²) in [5.41, 5.74) is 18.9. The number of amides is 1. The average Bonchev–Trinajstić information content (AvgIpc) is 3.54. The molecule has 9 nitrogen and oxygen atoms in total. The van der Waals surface area contributed by atoms with Gasteiger partial charge in [0, 0.05) is 23.5 Å². The maximum Gasteiger partial charge on any atom is 0.248 e. The van der Waals surface area contributed by atoms with Crippen LogP contribution in [0, 0.1) is 0 Å². The molecule has 0 aliphatic rings. The highest BCUT2D eigenvalue weighted by molar-refractivity contribution is 5.95. The van der Waals surface area contributed by atoms with Crippen LogP contribution in [0.2, 0.25) is 0 Å². The van der Waals surface area contributed by atoms with Crippen LogP contribution in [0.4, 0.5) is 5.82 Å². The maximum atomic E-state index is 11.5. The molecule has 0 saturated heterocycles.